The van der Waals surface area contributed by atoms with E-state index in [2.05, 4.69) is 182 Å². The molecule has 0 aliphatic heterocycles. The second-order valence-corrected chi connectivity index (χ2v) is 9.61. The molecule has 0 atom stereocenters. The Labute approximate surface area is 259 Å². The van der Waals surface area contributed by atoms with E-state index in [1.54, 1.807) is 0 Å². The molecule has 0 amide bonds. The van der Waals surface area contributed by atoms with E-state index in [0.29, 0.717) is 0 Å². The molecule has 0 aliphatic rings. The molecular weight excluding hydrogens is 520 g/mol. The molecule has 43 heavy (non-hydrogen) atoms. The Hall–Kier alpha value is -5.08. The number of hydrogen-bond donors (Lipinski definition) is 0. The van der Waals surface area contributed by atoms with E-state index in [0.717, 1.165) is 6.42 Å². The van der Waals surface area contributed by atoms with Gasteiger partial charge in [0, 0.05) is 36.8 Å². The minimum atomic E-state index is 1.03. The fraction of sp³-hybridized carbons (Fsp3) is 0.122. The summed E-state index contributed by atoms with van der Waals surface area (Å²) in [5.41, 5.74) is 7.57. The fourth-order valence-electron chi connectivity index (χ4n) is 4.33. The maximum Gasteiger partial charge on any atom is 0.0408 e. The van der Waals surface area contributed by atoms with E-state index >= 15 is 0 Å². The van der Waals surface area contributed by atoms with Crippen LogP contribution in [0.1, 0.15) is 25.0 Å². The lowest BCUT2D eigenvalue weighted by atomic mass is 10.1. The largest absolute Gasteiger partial charge is 0.345 e. The Bertz CT molecular complexity index is 1290. The zero-order valence-electron chi connectivity index (χ0n) is 25.9. The van der Waals surface area contributed by atoms with Gasteiger partial charge in [-0.3, -0.25) is 0 Å². The average molecular weight is 565 g/mol. The van der Waals surface area contributed by atoms with Crippen molar-refractivity contribution in [3.8, 4) is 0 Å². The summed E-state index contributed by atoms with van der Waals surface area (Å²) in [4.78, 5) is 4.33. The highest BCUT2D eigenvalue weighted by atomic mass is 15.1. The fourth-order valence-corrected chi connectivity index (χ4v) is 4.33. The molecule has 2 nitrogen and oxygen atoms in total. The number of para-hydroxylation sites is 4. The maximum atomic E-state index is 2.17. The van der Waals surface area contributed by atoms with Gasteiger partial charge in [0.05, 0.1) is 0 Å². The summed E-state index contributed by atoms with van der Waals surface area (Å²) in [5, 5.41) is 0. The molecule has 0 saturated carbocycles. The van der Waals surface area contributed by atoms with Gasteiger partial charge in [-0.15, -0.1) is 0 Å². The Kier molecular flexibility index (Phi) is 14.4. The van der Waals surface area contributed by atoms with Crippen molar-refractivity contribution in [1.82, 2.24) is 0 Å². The van der Waals surface area contributed by atoms with Crippen molar-refractivity contribution in [2.75, 3.05) is 23.9 Å². The molecule has 0 fully saturated rings. The standard InChI is InChI=1S/2C13H13N.C13H12.C2H6/c2*1-14(12-8-4-2-5-9-12)13-10-6-3-7-11-13;1-3-7-12(8-4-1)11-13-9-5-2-6-10-13;1-2/h2*2-11H,1H3;1-10H,11H2;1-2H3. The molecule has 6 aromatic carbocycles. The van der Waals surface area contributed by atoms with Crippen molar-refractivity contribution < 1.29 is 0 Å². The summed E-state index contributed by atoms with van der Waals surface area (Å²) in [6.45, 7) is 4.00. The van der Waals surface area contributed by atoms with Crippen molar-refractivity contribution in [2.24, 2.45) is 0 Å². The maximum absolute atomic E-state index is 2.17. The van der Waals surface area contributed by atoms with Crippen molar-refractivity contribution in [1.29, 1.82) is 0 Å². The first-order valence-corrected chi connectivity index (χ1v) is 15.0. The Morgan fingerprint density at radius 3 is 0.698 bits per heavy atom. The van der Waals surface area contributed by atoms with E-state index < -0.39 is 0 Å². The van der Waals surface area contributed by atoms with Crippen molar-refractivity contribution in [2.45, 2.75) is 20.3 Å². The highest BCUT2D eigenvalue weighted by molar-refractivity contribution is 5.62. The third-order valence-electron chi connectivity index (χ3n) is 6.67. The molecule has 0 aromatic heterocycles. The molecule has 6 aromatic rings. The predicted octanol–water partition coefficient (Wildman–Crippen LogP) is 11.2. The molecule has 0 saturated heterocycles. The topological polar surface area (TPSA) is 6.48 Å². The second-order valence-electron chi connectivity index (χ2n) is 9.61. The lowest BCUT2D eigenvalue weighted by molar-refractivity contribution is 1.19. The van der Waals surface area contributed by atoms with Gasteiger partial charge in [-0.25, -0.2) is 0 Å². The van der Waals surface area contributed by atoms with Crippen molar-refractivity contribution in [3.05, 3.63) is 193 Å². The Morgan fingerprint density at radius 1 is 0.302 bits per heavy atom. The number of anilines is 4. The van der Waals surface area contributed by atoms with Crippen LogP contribution in [-0.4, -0.2) is 14.1 Å². The number of rotatable bonds is 6. The van der Waals surface area contributed by atoms with Gasteiger partial charge in [0.2, 0.25) is 0 Å². The normalized spacial score (nSPS) is 9.49. The zero-order valence-corrected chi connectivity index (χ0v) is 25.9. The predicted molar refractivity (Wildman–Crippen MR) is 189 cm³/mol. The summed E-state index contributed by atoms with van der Waals surface area (Å²) in [7, 11) is 4.15. The quantitative estimate of drug-likeness (QED) is 0.198. The number of nitrogens with zero attached hydrogens (tertiary/aromatic N) is 2. The molecule has 0 spiro atoms. The van der Waals surface area contributed by atoms with Crippen LogP contribution in [0.2, 0.25) is 0 Å². The van der Waals surface area contributed by atoms with Crippen LogP contribution in [0.15, 0.2) is 182 Å². The van der Waals surface area contributed by atoms with E-state index in [-0.39, 0.29) is 0 Å². The SMILES string of the molecule is CC.CN(c1ccccc1)c1ccccc1.CN(c1ccccc1)c1ccccc1.c1ccc(Cc2ccccc2)cc1. The van der Waals surface area contributed by atoms with E-state index in [4.69, 9.17) is 0 Å². The zero-order chi connectivity index (χ0) is 30.5. The molecule has 0 aliphatic carbocycles. The van der Waals surface area contributed by atoms with Gasteiger partial charge >= 0.3 is 0 Å². The van der Waals surface area contributed by atoms with Gasteiger partial charge < -0.3 is 9.80 Å². The van der Waals surface area contributed by atoms with E-state index in [9.17, 15) is 0 Å². The monoisotopic (exact) mass is 564 g/mol. The summed E-state index contributed by atoms with van der Waals surface area (Å²) in [6, 6.07) is 62.4. The first-order valence-electron chi connectivity index (χ1n) is 15.0. The molecule has 0 radical (unpaired) electrons. The minimum Gasteiger partial charge on any atom is -0.345 e. The second kappa shape index (κ2) is 19.1. The molecule has 0 bridgehead atoms. The van der Waals surface area contributed by atoms with Gasteiger partial charge in [0.25, 0.3) is 0 Å². The first-order chi connectivity index (χ1) is 21.2. The van der Waals surface area contributed by atoms with E-state index in [1.165, 1.54) is 33.9 Å². The molecule has 218 valence electrons. The lowest BCUT2D eigenvalue weighted by Gasteiger charge is -2.18. The summed E-state index contributed by atoms with van der Waals surface area (Å²) in [5.74, 6) is 0. The minimum absolute atomic E-state index is 1.03. The molecule has 0 unspecified atom stereocenters. The van der Waals surface area contributed by atoms with Gasteiger partial charge in [-0.05, 0) is 66.1 Å². The molecular formula is C41H44N2. The number of hydrogen-bond acceptors (Lipinski definition) is 2. The van der Waals surface area contributed by atoms with Gasteiger partial charge in [-0.2, -0.15) is 0 Å². The summed E-state index contributed by atoms with van der Waals surface area (Å²) >= 11 is 0. The van der Waals surface area contributed by atoms with Gasteiger partial charge in [0.15, 0.2) is 0 Å². The van der Waals surface area contributed by atoms with Crippen molar-refractivity contribution in [3.63, 3.8) is 0 Å². The van der Waals surface area contributed by atoms with Crippen LogP contribution in [-0.2, 0) is 6.42 Å². The molecule has 0 heterocycles. The van der Waals surface area contributed by atoms with Crippen LogP contribution in [0.4, 0.5) is 22.7 Å². The average Bonchev–Trinajstić information content (AvgIpc) is 3.11. The summed E-state index contributed by atoms with van der Waals surface area (Å²) < 4.78 is 0. The Morgan fingerprint density at radius 2 is 0.488 bits per heavy atom. The van der Waals surface area contributed by atoms with Crippen LogP contribution in [0, 0.1) is 0 Å². The smallest absolute Gasteiger partial charge is 0.0408 e. The highest BCUT2D eigenvalue weighted by Crippen LogP contribution is 2.23. The van der Waals surface area contributed by atoms with E-state index in [1.807, 2.05) is 38.1 Å². The third kappa shape index (κ3) is 11.4. The third-order valence-corrected chi connectivity index (χ3v) is 6.67. The van der Waals surface area contributed by atoms with Crippen LogP contribution < -0.4 is 9.80 Å². The van der Waals surface area contributed by atoms with Crippen LogP contribution in [0.3, 0.4) is 0 Å². The van der Waals surface area contributed by atoms with Crippen LogP contribution in [0.5, 0.6) is 0 Å². The van der Waals surface area contributed by atoms with Gasteiger partial charge in [-0.1, -0.05) is 147 Å². The van der Waals surface area contributed by atoms with Crippen LogP contribution >= 0.6 is 0 Å². The molecule has 6 rings (SSSR count). The first kappa shape index (κ1) is 32.4. The molecule has 2 heteroatoms. The van der Waals surface area contributed by atoms with Crippen LogP contribution in [0.25, 0.3) is 0 Å². The number of benzene rings is 6. The molecule has 0 N–H and O–H groups in total. The Balaban J connectivity index is 0.000000172. The van der Waals surface area contributed by atoms with Gasteiger partial charge in [0.1, 0.15) is 0 Å². The van der Waals surface area contributed by atoms with Crippen molar-refractivity contribution >= 4 is 22.7 Å². The summed E-state index contributed by atoms with van der Waals surface area (Å²) in [6.07, 6.45) is 1.03. The highest BCUT2D eigenvalue weighted by Gasteiger charge is 2.01. The lowest BCUT2D eigenvalue weighted by Crippen LogP contribution is -2.08.